The largest absolute Gasteiger partial charge is 0.494 e. The van der Waals surface area contributed by atoms with E-state index in [0.717, 1.165) is 16.7 Å². The summed E-state index contributed by atoms with van der Waals surface area (Å²) in [7, 11) is 1.52. The van der Waals surface area contributed by atoms with E-state index in [1.54, 1.807) is 30.3 Å². The number of aliphatic imine (C=N–C) groups is 4. The summed E-state index contributed by atoms with van der Waals surface area (Å²) in [5, 5.41) is 2.24. The van der Waals surface area contributed by atoms with Crippen molar-refractivity contribution in [1.29, 1.82) is 0 Å². The number of rotatable bonds is 7. The van der Waals surface area contributed by atoms with Crippen LogP contribution in [0.3, 0.4) is 0 Å². The smallest absolute Gasteiger partial charge is 0.240 e. The molecule has 0 aliphatic heterocycles. The highest BCUT2D eigenvalue weighted by atomic mass is 32.1. The summed E-state index contributed by atoms with van der Waals surface area (Å²) in [6, 6.07) is 17.9. The predicted molar refractivity (Wildman–Crippen MR) is 131 cm³/mol. The van der Waals surface area contributed by atoms with Crippen molar-refractivity contribution in [3.05, 3.63) is 77.4 Å². The quantitative estimate of drug-likeness (QED) is 0.242. The Bertz CT molecular complexity index is 1350. The lowest BCUT2D eigenvalue weighted by atomic mass is 10.0. The molecule has 0 heterocycles. The van der Waals surface area contributed by atoms with Crippen molar-refractivity contribution >= 4 is 58.4 Å². The number of methoxy groups -OCH3 is 1. The molecule has 9 heteroatoms. The SMILES string of the molecule is COc1cc(Cc2ccc(N=C=O)cc2)ccc1N=C=O.Cc1ccc(N=C=S)cc1N=C=O. The van der Waals surface area contributed by atoms with Crippen LogP contribution in [0.15, 0.2) is 80.6 Å². The van der Waals surface area contributed by atoms with E-state index in [9.17, 15) is 14.4 Å². The second kappa shape index (κ2) is 13.7. The van der Waals surface area contributed by atoms with Gasteiger partial charge in [0.15, 0.2) is 0 Å². The van der Waals surface area contributed by atoms with Crippen LogP contribution in [-0.4, -0.2) is 30.5 Å². The molecule has 0 saturated carbocycles. The Balaban J connectivity index is 0.000000270. The Kier molecular flexibility index (Phi) is 10.4. The first-order valence-corrected chi connectivity index (χ1v) is 10.1. The van der Waals surface area contributed by atoms with Gasteiger partial charge in [-0.05, 0) is 78.7 Å². The fourth-order valence-electron chi connectivity index (χ4n) is 2.84. The highest BCUT2D eigenvalue weighted by Gasteiger charge is 2.05. The van der Waals surface area contributed by atoms with Gasteiger partial charge in [0.05, 0.1) is 29.3 Å². The van der Waals surface area contributed by atoms with Crippen LogP contribution in [0, 0.1) is 6.92 Å². The van der Waals surface area contributed by atoms with E-state index in [4.69, 9.17) is 4.74 Å². The number of isocyanates is 3. The summed E-state index contributed by atoms with van der Waals surface area (Å²) in [6.07, 6.45) is 5.17. The third kappa shape index (κ3) is 7.83. The molecule has 0 aliphatic rings. The van der Waals surface area contributed by atoms with Crippen molar-refractivity contribution in [3.8, 4) is 5.75 Å². The van der Waals surface area contributed by atoms with Crippen molar-refractivity contribution < 1.29 is 19.1 Å². The van der Waals surface area contributed by atoms with Crippen LogP contribution in [0.25, 0.3) is 0 Å². The van der Waals surface area contributed by atoms with Crippen molar-refractivity contribution in [1.82, 2.24) is 0 Å². The topological polar surface area (TPSA) is 110 Å². The van der Waals surface area contributed by atoms with Crippen LogP contribution in [0.2, 0.25) is 0 Å². The number of aryl methyl sites for hydroxylation is 1. The molecule has 0 N–H and O–H groups in total. The number of hydrogen-bond donors (Lipinski definition) is 0. The number of thiocarbonyl (C=S) groups is 1. The van der Waals surface area contributed by atoms with Gasteiger partial charge in [-0.2, -0.15) is 20.0 Å². The van der Waals surface area contributed by atoms with E-state index in [1.807, 2.05) is 37.3 Å². The van der Waals surface area contributed by atoms with Gasteiger partial charge in [-0.1, -0.05) is 24.3 Å². The summed E-state index contributed by atoms with van der Waals surface area (Å²) >= 11 is 4.45. The molecule has 0 bridgehead atoms. The average molecular weight is 471 g/mol. The Morgan fingerprint density at radius 2 is 1.35 bits per heavy atom. The molecule has 3 aromatic carbocycles. The molecule has 0 saturated heterocycles. The van der Waals surface area contributed by atoms with Gasteiger partial charge in [0.2, 0.25) is 18.2 Å². The molecule has 0 radical (unpaired) electrons. The van der Waals surface area contributed by atoms with Crippen molar-refractivity contribution in [2.45, 2.75) is 13.3 Å². The van der Waals surface area contributed by atoms with Gasteiger partial charge in [-0.25, -0.2) is 14.4 Å². The Morgan fingerprint density at radius 3 is 1.97 bits per heavy atom. The Hall–Kier alpha value is -4.60. The van der Waals surface area contributed by atoms with Gasteiger partial charge in [0.25, 0.3) is 0 Å². The highest BCUT2D eigenvalue weighted by Crippen LogP contribution is 2.29. The first-order valence-electron chi connectivity index (χ1n) is 9.72. The van der Waals surface area contributed by atoms with Gasteiger partial charge in [-0.3, -0.25) is 0 Å². The van der Waals surface area contributed by atoms with E-state index in [1.165, 1.54) is 25.3 Å². The van der Waals surface area contributed by atoms with Gasteiger partial charge in [0.1, 0.15) is 11.4 Å². The lowest BCUT2D eigenvalue weighted by Gasteiger charge is -2.07. The van der Waals surface area contributed by atoms with E-state index in [-0.39, 0.29) is 0 Å². The standard InChI is InChI=1S/C16H12N2O3.C9H6N2OS/c1-21-16-9-13(4-7-15(16)18-11-20)8-12-2-5-14(6-3-12)17-10-19;1-7-2-3-8(11-6-13)4-9(7)10-5-12/h2-7,9H,8H2,1H3;2-4H,1H3. The summed E-state index contributed by atoms with van der Waals surface area (Å²) in [5.41, 5.74) is 5.19. The van der Waals surface area contributed by atoms with Gasteiger partial charge < -0.3 is 4.74 Å². The van der Waals surface area contributed by atoms with Crippen molar-refractivity contribution in [2.75, 3.05) is 7.11 Å². The fraction of sp³-hybridized carbons (Fsp3) is 0.120. The summed E-state index contributed by atoms with van der Waals surface area (Å²) < 4.78 is 5.20. The average Bonchev–Trinajstić information content (AvgIpc) is 2.84. The minimum atomic E-state index is 0.451. The second-order valence-electron chi connectivity index (χ2n) is 6.63. The van der Waals surface area contributed by atoms with E-state index in [0.29, 0.717) is 34.9 Å². The van der Waals surface area contributed by atoms with Crippen molar-refractivity contribution in [3.63, 3.8) is 0 Å². The minimum Gasteiger partial charge on any atom is -0.494 e. The Labute approximate surface area is 201 Å². The third-order valence-electron chi connectivity index (χ3n) is 4.46. The zero-order valence-corrected chi connectivity index (χ0v) is 19.1. The Morgan fingerprint density at radius 1 is 0.735 bits per heavy atom. The molecule has 0 amide bonds. The monoisotopic (exact) mass is 470 g/mol. The first kappa shape index (κ1) is 25.7. The molecule has 0 aromatic heterocycles. The molecule has 0 aliphatic carbocycles. The lowest BCUT2D eigenvalue weighted by molar-refractivity contribution is 0.415. The maximum absolute atomic E-state index is 10.3. The van der Waals surface area contributed by atoms with E-state index in [2.05, 4.69) is 37.3 Å². The van der Waals surface area contributed by atoms with Crippen LogP contribution in [-0.2, 0) is 20.8 Å². The number of hydrogen-bond acceptors (Lipinski definition) is 9. The zero-order chi connectivity index (χ0) is 24.8. The van der Waals surface area contributed by atoms with Crippen LogP contribution in [0.4, 0.5) is 22.7 Å². The molecular weight excluding hydrogens is 452 g/mol. The lowest BCUT2D eigenvalue weighted by Crippen LogP contribution is -1.90. The van der Waals surface area contributed by atoms with E-state index < -0.39 is 0 Å². The van der Waals surface area contributed by atoms with Gasteiger partial charge in [-0.15, -0.1) is 0 Å². The fourth-order valence-corrected chi connectivity index (χ4v) is 2.95. The zero-order valence-electron chi connectivity index (χ0n) is 18.3. The number of carbonyl (C=O) groups excluding carboxylic acids is 3. The third-order valence-corrected chi connectivity index (χ3v) is 4.55. The maximum Gasteiger partial charge on any atom is 0.240 e. The van der Waals surface area contributed by atoms with E-state index >= 15 is 0 Å². The highest BCUT2D eigenvalue weighted by molar-refractivity contribution is 7.78. The molecule has 0 fully saturated rings. The molecule has 0 spiro atoms. The summed E-state index contributed by atoms with van der Waals surface area (Å²) in [6.45, 7) is 1.85. The summed E-state index contributed by atoms with van der Waals surface area (Å²) in [4.78, 5) is 44.9. The van der Waals surface area contributed by atoms with Crippen LogP contribution >= 0.6 is 12.2 Å². The summed E-state index contributed by atoms with van der Waals surface area (Å²) in [5.74, 6) is 0.526. The van der Waals surface area contributed by atoms with Gasteiger partial charge in [0, 0.05) is 0 Å². The molecule has 168 valence electrons. The number of benzene rings is 3. The molecular formula is C25H18N4O4S. The molecule has 0 unspecified atom stereocenters. The predicted octanol–water partition coefficient (Wildman–Crippen LogP) is 5.92. The number of nitrogens with zero attached hydrogens (tertiary/aromatic N) is 4. The van der Waals surface area contributed by atoms with Gasteiger partial charge >= 0.3 is 0 Å². The molecule has 34 heavy (non-hydrogen) atoms. The normalized spacial score (nSPS) is 9.00. The van der Waals surface area contributed by atoms with Crippen LogP contribution in [0.5, 0.6) is 5.75 Å². The molecule has 8 nitrogen and oxygen atoms in total. The second-order valence-corrected chi connectivity index (χ2v) is 6.82. The maximum atomic E-state index is 10.3. The van der Waals surface area contributed by atoms with Crippen LogP contribution < -0.4 is 4.74 Å². The molecule has 3 rings (SSSR count). The minimum absolute atomic E-state index is 0.451. The van der Waals surface area contributed by atoms with Crippen molar-refractivity contribution in [2.24, 2.45) is 20.0 Å². The number of isothiocyanates is 1. The molecule has 0 atom stereocenters. The number of ether oxygens (including phenoxy) is 1. The van der Waals surface area contributed by atoms with Crippen LogP contribution in [0.1, 0.15) is 16.7 Å². The molecule has 3 aromatic rings. The first-order chi connectivity index (χ1) is 16.5.